The predicted molar refractivity (Wildman–Crippen MR) is 188 cm³/mol. The first-order valence-electron chi connectivity index (χ1n) is 16.7. The molecule has 2 fully saturated rings. The summed E-state index contributed by atoms with van der Waals surface area (Å²) in [7, 11) is 0. The molecule has 4 aromatic carbocycles. The first-order valence-corrected chi connectivity index (χ1v) is 16.7. The molecule has 0 bridgehead atoms. The number of carbonyl (C=O) groups is 2. The Hall–Kier alpha value is -5.38. The summed E-state index contributed by atoms with van der Waals surface area (Å²) in [6, 6.07) is 25.2. The fourth-order valence-electron chi connectivity index (χ4n) is 7.30. The van der Waals surface area contributed by atoms with Crippen LogP contribution >= 0.6 is 0 Å². The molecule has 0 aliphatic carbocycles. The summed E-state index contributed by atoms with van der Waals surface area (Å²) in [6.45, 7) is 7.26. The van der Waals surface area contributed by atoms with Crippen LogP contribution < -0.4 is 5.32 Å². The van der Waals surface area contributed by atoms with Gasteiger partial charge in [0, 0.05) is 18.6 Å². The Bertz CT molecular complexity index is 2210. The summed E-state index contributed by atoms with van der Waals surface area (Å²) in [5.74, 6) is 1.54. The number of amides is 3. The van der Waals surface area contributed by atoms with Crippen LogP contribution in [-0.4, -0.2) is 65.6 Å². The number of likely N-dealkylation sites (tertiary alicyclic amines) is 2. The van der Waals surface area contributed by atoms with Crippen LogP contribution in [0, 0.1) is 0 Å². The molecule has 2 aliphatic rings. The molecule has 2 aliphatic heterocycles. The van der Waals surface area contributed by atoms with Crippen LogP contribution in [0.4, 0.5) is 9.59 Å². The molecule has 4 heterocycles. The number of imidazole rings is 2. The van der Waals surface area contributed by atoms with E-state index in [1.54, 1.807) is 0 Å². The summed E-state index contributed by atoms with van der Waals surface area (Å²) in [5, 5.41) is 15.0. The van der Waals surface area contributed by atoms with Gasteiger partial charge in [0.25, 0.3) is 0 Å². The quantitative estimate of drug-likeness (QED) is 0.154. The lowest BCUT2D eigenvalue weighted by Gasteiger charge is -2.28. The van der Waals surface area contributed by atoms with E-state index in [9.17, 15) is 14.7 Å². The Labute approximate surface area is 278 Å². The van der Waals surface area contributed by atoms with E-state index >= 15 is 0 Å². The van der Waals surface area contributed by atoms with Gasteiger partial charge in [0.15, 0.2) is 0 Å². The molecular weight excluding hydrogens is 602 g/mol. The van der Waals surface area contributed by atoms with Gasteiger partial charge in [-0.1, -0.05) is 36.4 Å². The average Bonchev–Trinajstić information content (AvgIpc) is 3.87. The highest BCUT2D eigenvalue weighted by molar-refractivity contribution is 5.93. The van der Waals surface area contributed by atoms with E-state index in [0.29, 0.717) is 12.4 Å². The minimum atomic E-state index is -0.900. The van der Waals surface area contributed by atoms with Crippen molar-refractivity contribution in [2.24, 2.45) is 0 Å². The lowest BCUT2D eigenvalue weighted by Crippen LogP contribution is -2.48. The van der Waals surface area contributed by atoms with Gasteiger partial charge in [-0.05, 0) is 116 Å². The number of carbonyl (C=O) groups excluding carboxylic acids is 1. The molecule has 0 radical (unpaired) electrons. The molecule has 0 spiro atoms. The molecule has 3 amide bonds. The molecule has 48 heavy (non-hydrogen) atoms. The topological polar surface area (TPSA) is 130 Å². The van der Waals surface area contributed by atoms with Crippen LogP contribution in [0.15, 0.2) is 72.8 Å². The van der Waals surface area contributed by atoms with Crippen molar-refractivity contribution in [1.82, 2.24) is 35.1 Å². The maximum Gasteiger partial charge on any atom is 0.407 e. The van der Waals surface area contributed by atoms with E-state index in [1.165, 1.54) is 4.90 Å². The number of nitrogens with zero attached hydrogens (tertiary/aromatic N) is 4. The summed E-state index contributed by atoms with van der Waals surface area (Å²) < 4.78 is 0. The first kappa shape index (κ1) is 30.0. The van der Waals surface area contributed by atoms with Crippen LogP contribution in [0.1, 0.15) is 70.2 Å². The Kier molecular flexibility index (Phi) is 7.12. The number of nitrogens with one attached hydrogen (secondary N) is 3. The third-order valence-corrected chi connectivity index (χ3v) is 9.63. The van der Waals surface area contributed by atoms with Crippen LogP contribution in [0.2, 0.25) is 0 Å². The number of aromatic amines is 2. The highest BCUT2D eigenvalue weighted by atomic mass is 16.4. The molecule has 2 unspecified atom stereocenters. The standard InChI is InChI=1S/C38H39N7O3/c1-38(2,3)43-36(46)44-16-4-6-32(44)34-39-28-14-12-26(20-30(28)41-34)24-10-8-23-19-25(11-9-22(23)18-24)27-13-15-29-31(21-27)42-35(40-29)33-7-5-17-45(33)37(47)48/h8-15,18-21,32-33H,4-7,16-17H2,1-3H3,(H,39,41)(H,40,42)(H,43,46)(H,47,48). The molecule has 2 saturated heterocycles. The van der Waals surface area contributed by atoms with Crippen molar-refractivity contribution in [2.45, 2.75) is 64.1 Å². The number of urea groups is 1. The number of hydrogen-bond donors (Lipinski definition) is 4. The summed E-state index contributed by atoms with van der Waals surface area (Å²) in [5.41, 5.74) is 7.69. The van der Waals surface area contributed by atoms with Gasteiger partial charge in [0.2, 0.25) is 0 Å². The molecule has 244 valence electrons. The van der Waals surface area contributed by atoms with Crippen molar-refractivity contribution in [1.29, 1.82) is 0 Å². The van der Waals surface area contributed by atoms with Crippen LogP contribution in [0.5, 0.6) is 0 Å². The molecule has 0 saturated carbocycles. The zero-order valence-electron chi connectivity index (χ0n) is 27.4. The zero-order valence-corrected chi connectivity index (χ0v) is 27.4. The van der Waals surface area contributed by atoms with Gasteiger partial charge < -0.3 is 25.3 Å². The number of benzene rings is 4. The van der Waals surface area contributed by atoms with Gasteiger partial charge in [-0.15, -0.1) is 0 Å². The SMILES string of the molecule is CC(C)(C)NC(=O)N1CCCC1c1nc2ccc(-c3ccc4cc(-c5ccc6nc(C7CCCN7C(=O)O)[nH]c6c5)ccc4c3)cc2[nH]1. The Morgan fingerprint density at radius 3 is 1.67 bits per heavy atom. The average molecular weight is 642 g/mol. The maximum atomic E-state index is 13.0. The van der Waals surface area contributed by atoms with Gasteiger partial charge >= 0.3 is 12.1 Å². The molecule has 10 nitrogen and oxygen atoms in total. The highest BCUT2D eigenvalue weighted by Crippen LogP contribution is 2.35. The molecule has 6 aromatic rings. The normalized spacial score (nSPS) is 18.4. The second-order valence-electron chi connectivity index (χ2n) is 14.2. The minimum Gasteiger partial charge on any atom is -0.465 e. The monoisotopic (exact) mass is 641 g/mol. The lowest BCUT2D eigenvalue weighted by molar-refractivity contribution is 0.139. The number of rotatable bonds is 4. The van der Waals surface area contributed by atoms with Crippen LogP contribution in [0.3, 0.4) is 0 Å². The number of aromatic nitrogens is 4. The van der Waals surface area contributed by atoms with Gasteiger partial charge in [-0.3, -0.25) is 4.90 Å². The van der Waals surface area contributed by atoms with Crippen molar-refractivity contribution in [3.63, 3.8) is 0 Å². The fraction of sp³-hybridized carbons (Fsp3) is 0.316. The van der Waals surface area contributed by atoms with E-state index in [0.717, 1.165) is 93.1 Å². The van der Waals surface area contributed by atoms with E-state index in [-0.39, 0.29) is 23.7 Å². The number of fused-ring (bicyclic) bond motifs is 3. The van der Waals surface area contributed by atoms with Gasteiger partial charge in [0.1, 0.15) is 11.6 Å². The number of carboxylic acid groups (broad SMARTS) is 1. The number of hydrogen-bond acceptors (Lipinski definition) is 4. The maximum absolute atomic E-state index is 13.0. The summed E-state index contributed by atoms with van der Waals surface area (Å²) in [6.07, 6.45) is 2.56. The molecule has 2 atom stereocenters. The fourth-order valence-corrected chi connectivity index (χ4v) is 7.30. The van der Waals surface area contributed by atoms with E-state index < -0.39 is 6.09 Å². The van der Waals surface area contributed by atoms with Crippen molar-refractivity contribution in [3.8, 4) is 22.3 Å². The van der Waals surface area contributed by atoms with Crippen molar-refractivity contribution in [2.75, 3.05) is 13.1 Å². The number of H-pyrrole nitrogens is 2. The smallest absolute Gasteiger partial charge is 0.407 e. The third kappa shape index (κ3) is 5.51. The van der Waals surface area contributed by atoms with E-state index in [1.807, 2.05) is 31.7 Å². The summed E-state index contributed by atoms with van der Waals surface area (Å²) in [4.78, 5) is 44.6. The van der Waals surface area contributed by atoms with Crippen LogP contribution in [-0.2, 0) is 0 Å². The van der Waals surface area contributed by atoms with Gasteiger partial charge in [-0.2, -0.15) is 0 Å². The highest BCUT2D eigenvalue weighted by Gasteiger charge is 2.34. The Balaban J connectivity index is 1.04. The zero-order chi connectivity index (χ0) is 33.2. The molecule has 8 rings (SSSR count). The van der Waals surface area contributed by atoms with E-state index in [2.05, 4.69) is 82.0 Å². The first-order chi connectivity index (χ1) is 23.1. The molecule has 2 aromatic heterocycles. The molecule has 4 N–H and O–H groups in total. The Morgan fingerprint density at radius 1 is 0.708 bits per heavy atom. The lowest BCUT2D eigenvalue weighted by atomic mass is 9.97. The minimum absolute atomic E-state index is 0.0465. The molecule has 10 heteroatoms. The van der Waals surface area contributed by atoms with Gasteiger partial charge in [-0.25, -0.2) is 19.6 Å². The van der Waals surface area contributed by atoms with Gasteiger partial charge in [0.05, 0.1) is 34.2 Å². The molecular formula is C38H39N7O3. The predicted octanol–water partition coefficient (Wildman–Crippen LogP) is 8.39. The third-order valence-electron chi connectivity index (χ3n) is 9.63. The Morgan fingerprint density at radius 2 is 1.17 bits per heavy atom. The largest absolute Gasteiger partial charge is 0.465 e. The van der Waals surface area contributed by atoms with Crippen molar-refractivity contribution in [3.05, 3.63) is 84.4 Å². The summed E-state index contributed by atoms with van der Waals surface area (Å²) >= 11 is 0. The van der Waals surface area contributed by atoms with Crippen molar-refractivity contribution >= 4 is 45.0 Å². The second-order valence-corrected chi connectivity index (χ2v) is 14.2. The van der Waals surface area contributed by atoms with Crippen molar-refractivity contribution < 1.29 is 14.7 Å². The van der Waals surface area contributed by atoms with E-state index in [4.69, 9.17) is 9.97 Å². The van der Waals surface area contributed by atoms with Crippen LogP contribution in [0.25, 0.3) is 55.1 Å². The second kappa shape index (κ2) is 11.4.